The van der Waals surface area contributed by atoms with Crippen LogP contribution in [0.1, 0.15) is 18.1 Å². The molecule has 2 rings (SSSR count). The van der Waals surface area contributed by atoms with Gasteiger partial charge in [0.2, 0.25) is 0 Å². The number of hydrogen-bond acceptors (Lipinski definition) is 4. The molecule has 2 aromatic rings. The maximum absolute atomic E-state index is 9.27. The van der Waals surface area contributed by atoms with Crippen molar-refractivity contribution in [2.75, 3.05) is 24.6 Å². The van der Waals surface area contributed by atoms with Crippen molar-refractivity contribution in [1.29, 1.82) is 0 Å². The average molecular weight is 285 g/mol. The van der Waals surface area contributed by atoms with Crippen LogP contribution in [0, 0.1) is 0 Å². The molecule has 1 heterocycles. The Hall–Kier alpha value is -1.91. The van der Waals surface area contributed by atoms with Crippen LogP contribution in [0.25, 0.3) is 0 Å². The predicted molar refractivity (Wildman–Crippen MR) is 86.2 cm³/mol. The molecule has 21 heavy (non-hydrogen) atoms. The summed E-state index contributed by atoms with van der Waals surface area (Å²) in [4.78, 5) is 6.61. The first-order chi connectivity index (χ1) is 10.3. The van der Waals surface area contributed by atoms with Crippen molar-refractivity contribution in [3.05, 3.63) is 59.8 Å². The first-order valence-electron chi connectivity index (χ1n) is 7.39. The second-order valence-corrected chi connectivity index (χ2v) is 4.94. The zero-order valence-corrected chi connectivity index (χ0v) is 12.5. The fraction of sp³-hybridized carbons (Fsp3) is 0.353. The highest BCUT2D eigenvalue weighted by Gasteiger charge is 2.08. The molecule has 0 aliphatic rings. The number of nitrogens with one attached hydrogen (secondary N) is 1. The van der Waals surface area contributed by atoms with Gasteiger partial charge in [-0.15, -0.1) is 0 Å². The van der Waals surface area contributed by atoms with Gasteiger partial charge in [0.15, 0.2) is 0 Å². The molecule has 0 unspecified atom stereocenters. The van der Waals surface area contributed by atoms with Gasteiger partial charge < -0.3 is 15.3 Å². The molecule has 2 N–H and O–H groups in total. The summed E-state index contributed by atoms with van der Waals surface area (Å²) >= 11 is 0. The van der Waals surface area contributed by atoms with Crippen LogP contribution < -0.4 is 10.2 Å². The second-order valence-electron chi connectivity index (χ2n) is 4.94. The van der Waals surface area contributed by atoms with Crippen molar-refractivity contribution in [3.8, 4) is 0 Å². The van der Waals surface area contributed by atoms with Gasteiger partial charge in [0, 0.05) is 25.8 Å². The fourth-order valence-electron chi connectivity index (χ4n) is 2.18. The molecule has 0 atom stereocenters. The number of anilines is 1. The number of aliphatic hydroxyl groups excluding tert-OH is 1. The Bertz CT molecular complexity index is 513. The Morgan fingerprint density at radius 2 is 1.90 bits per heavy atom. The summed E-state index contributed by atoms with van der Waals surface area (Å²) in [5.74, 6) is 0.896. The SMILES string of the molecule is CCNCc1ccc(N(CCO)Cc2ccccc2)nc1. The third-order valence-electron chi connectivity index (χ3n) is 3.30. The van der Waals surface area contributed by atoms with Crippen molar-refractivity contribution < 1.29 is 5.11 Å². The molecule has 0 aliphatic heterocycles. The minimum Gasteiger partial charge on any atom is -0.395 e. The summed E-state index contributed by atoms with van der Waals surface area (Å²) in [7, 11) is 0. The standard InChI is InChI=1S/C17H23N3O/c1-2-18-12-16-8-9-17(19-13-16)20(10-11-21)14-15-6-4-3-5-7-15/h3-9,13,18,21H,2,10-12,14H2,1H3. The van der Waals surface area contributed by atoms with E-state index in [0.717, 1.165) is 25.5 Å². The van der Waals surface area contributed by atoms with E-state index in [2.05, 4.69) is 40.3 Å². The predicted octanol–water partition coefficient (Wildman–Crippen LogP) is 2.19. The molecule has 1 aromatic carbocycles. The third-order valence-corrected chi connectivity index (χ3v) is 3.30. The zero-order valence-electron chi connectivity index (χ0n) is 12.5. The Kier molecular flexibility index (Phi) is 6.19. The molecule has 0 spiro atoms. The van der Waals surface area contributed by atoms with E-state index in [4.69, 9.17) is 0 Å². The molecule has 0 amide bonds. The molecular weight excluding hydrogens is 262 g/mol. The molecule has 0 saturated carbocycles. The number of aliphatic hydroxyl groups is 1. The van der Waals surface area contributed by atoms with Gasteiger partial charge in [-0.1, -0.05) is 43.3 Å². The fourth-order valence-corrected chi connectivity index (χ4v) is 2.18. The number of hydrogen-bond donors (Lipinski definition) is 2. The van der Waals surface area contributed by atoms with Gasteiger partial charge in [-0.25, -0.2) is 4.98 Å². The van der Waals surface area contributed by atoms with E-state index in [1.807, 2.05) is 30.5 Å². The van der Waals surface area contributed by atoms with Crippen LogP contribution in [0.2, 0.25) is 0 Å². The Morgan fingerprint density at radius 3 is 2.52 bits per heavy atom. The van der Waals surface area contributed by atoms with Crippen molar-refractivity contribution in [2.45, 2.75) is 20.0 Å². The highest BCUT2D eigenvalue weighted by atomic mass is 16.3. The van der Waals surface area contributed by atoms with Gasteiger partial charge in [0.05, 0.1) is 6.61 Å². The first kappa shape index (κ1) is 15.5. The molecule has 112 valence electrons. The highest BCUT2D eigenvalue weighted by Crippen LogP contribution is 2.14. The van der Waals surface area contributed by atoms with Gasteiger partial charge in [-0.05, 0) is 23.7 Å². The molecule has 0 fully saturated rings. The van der Waals surface area contributed by atoms with E-state index in [1.165, 1.54) is 11.1 Å². The smallest absolute Gasteiger partial charge is 0.128 e. The summed E-state index contributed by atoms with van der Waals surface area (Å²) in [6, 6.07) is 14.3. The minimum absolute atomic E-state index is 0.119. The van der Waals surface area contributed by atoms with Gasteiger partial charge >= 0.3 is 0 Å². The largest absolute Gasteiger partial charge is 0.395 e. The maximum atomic E-state index is 9.27. The van der Waals surface area contributed by atoms with Crippen LogP contribution >= 0.6 is 0 Å². The van der Waals surface area contributed by atoms with Gasteiger partial charge in [0.1, 0.15) is 5.82 Å². The number of rotatable bonds is 8. The van der Waals surface area contributed by atoms with E-state index in [1.54, 1.807) is 0 Å². The van der Waals surface area contributed by atoms with Gasteiger partial charge in [0.25, 0.3) is 0 Å². The Balaban J connectivity index is 2.06. The molecule has 0 bridgehead atoms. The summed E-state index contributed by atoms with van der Waals surface area (Å²) < 4.78 is 0. The molecule has 0 aliphatic carbocycles. The lowest BCUT2D eigenvalue weighted by molar-refractivity contribution is 0.301. The lowest BCUT2D eigenvalue weighted by Crippen LogP contribution is -2.27. The van der Waals surface area contributed by atoms with E-state index in [-0.39, 0.29) is 6.61 Å². The van der Waals surface area contributed by atoms with E-state index < -0.39 is 0 Å². The van der Waals surface area contributed by atoms with Gasteiger partial charge in [-0.2, -0.15) is 0 Å². The van der Waals surface area contributed by atoms with Crippen molar-refractivity contribution >= 4 is 5.82 Å². The van der Waals surface area contributed by atoms with Crippen LogP contribution in [0.15, 0.2) is 48.7 Å². The normalized spacial score (nSPS) is 10.6. The molecule has 1 aromatic heterocycles. The van der Waals surface area contributed by atoms with Crippen molar-refractivity contribution in [2.24, 2.45) is 0 Å². The number of pyridine rings is 1. The molecule has 4 nitrogen and oxygen atoms in total. The minimum atomic E-state index is 0.119. The number of nitrogens with zero attached hydrogens (tertiary/aromatic N) is 2. The second kappa shape index (κ2) is 8.39. The van der Waals surface area contributed by atoms with Crippen LogP contribution in [0.5, 0.6) is 0 Å². The topological polar surface area (TPSA) is 48.4 Å². The number of benzene rings is 1. The van der Waals surface area contributed by atoms with Crippen LogP contribution in [0.4, 0.5) is 5.82 Å². The number of aromatic nitrogens is 1. The van der Waals surface area contributed by atoms with E-state index in [9.17, 15) is 5.11 Å². The van der Waals surface area contributed by atoms with Crippen molar-refractivity contribution in [3.63, 3.8) is 0 Å². The molecule has 0 saturated heterocycles. The third kappa shape index (κ3) is 4.85. The van der Waals surface area contributed by atoms with Gasteiger partial charge in [-0.3, -0.25) is 0 Å². The monoisotopic (exact) mass is 285 g/mol. The van der Waals surface area contributed by atoms with Crippen LogP contribution in [-0.4, -0.2) is 29.8 Å². The summed E-state index contributed by atoms with van der Waals surface area (Å²) in [5, 5.41) is 12.6. The Labute approximate surface area is 126 Å². The lowest BCUT2D eigenvalue weighted by Gasteiger charge is -2.23. The maximum Gasteiger partial charge on any atom is 0.128 e. The average Bonchev–Trinajstić information content (AvgIpc) is 2.54. The van der Waals surface area contributed by atoms with E-state index >= 15 is 0 Å². The molecule has 4 heteroatoms. The van der Waals surface area contributed by atoms with Crippen molar-refractivity contribution in [1.82, 2.24) is 10.3 Å². The molecular formula is C17H23N3O. The van der Waals surface area contributed by atoms with Crippen LogP contribution in [0.3, 0.4) is 0 Å². The Morgan fingerprint density at radius 1 is 1.10 bits per heavy atom. The van der Waals surface area contributed by atoms with E-state index in [0.29, 0.717) is 6.54 Å². The summed E-state index contributed by atoms with van der Waals surface area (Å²) in [5.41, 5.74) is 2.38. The quantitative estimate of drug-likeness (QED) is 0.780. The van der Waals surface area contributed by atoms with Crippen LogP contribution in [-0.2, 0) is 13.1 Å². The zero-order chi connectivity index (χ0) is 14.9. The summed E-state index contributed by atoms with van der Waals surface area (Å²) in [6.45, 7) is 5.32. The highest BCUT2D eigenvalue weighted by molar-refractivity contribution is 5.40. The molecule has 0 radical (unpaired) electrons. The lowest BCUT2D eigenvalue weighted by atomic mass is 10.2. The first-order valence-corrected chi connectivity index (χ1v) is 7.39. The summed E-state index contributed by atoms with van der Waals surface area (Å²) in [6.07, 6.45) is 1.90.